The first-order valence-corrected chi connectivity index (χ1v) is 8.33. The molecule has 2 aromatic rings. The van der Waals surface area contributed by atoms with Gasteiger partial charge in [-0.25, -0.2) is 0 Å². The third kappa shape index (κ3) is 5.95. The van der Waals surface area contributed by atoms with Crippen molar-refractivity contribution in [2.45, 2.75) is 32.6 Å². The molecule has 0 fully saturated rings. The fourth-order valence-electron chi connectivity index (χ4n) is 2.14. The van der Waals surface area contributed by atoms with E-state index < -0.39 is 0 Å². The van der Waals surface area contributed by atoms with E-state index in [1.54, 1.807) is 0 Å². The summed E-state index contributed by atoms with van der Waals surface area (Å²) in [6, 6.07) is 15.1. The maximum Gasteiger partial charge on any atom is 0.224 e. The van der Waals surface area contributed by atoms with Crippen molar-refractivity contribution in [3.05, 3.63) is 59.1 Å². The Hall–Kier alpha value is -2.00. The van der Waals surface area contributed by atoms with Crippen LogP contribution in [0.1, 0.15) is 31.7 Å². The molecule has 1 amide bonds. The second-order valence-electron chi connectivity index (χ2n) is 5.37. The number of amides is 1. The highest BCUT2D eigenvalue weighted by Crippen LogP contribution is 2.18. The lowest BCUT2D eigenvalue weighted by Crippen LogP contribution is -2.12. The van der Waals surface area contributed by atoms with Gasteiger partial charge < -0.3 is 10.1 Å². The van der Waals surface area contributed by atoms with Gasteiger partial charge in [-0.3, -0.25) is 4.79 Å². The van der Waals surface area contributed by atoms with E-state index in [0.717, 1.165) is 36.4 Å². The van der Waals surface area contributed by atoms with Gasteiger partial charge >= 0.3 is 0 Å². The summed E-state index contributed by atoms with van der Waals surface area (Å²) in [4.78, 5) is 12.0. The lowest BCUT2D eigenvalue weighted by Gasteiger charge is -2.08. The smallest absolute Gasteiger partial charge is 0.224 e. The molecule has 0 aromatic heterocycles. The van der Waals surface area contributed by atoms with Gasteiger partial charge in [0.2, 0.25) is 5.91 Å². The van der Waals surface area contributed by atoms with E-state index in [1.165, 1.54) is 0 Å². The molecule has 0 unspecified atom stereocenters. The van der Waals surface area contributed by atoms with Crippen LogP contribution in [0, 0.1) is 0 Å². The van der Waals surface area contributed by atoms with Crippen LogP contribution in [0.2, 0.25) is 5.02 Å². The zero-order chi connectivity index (χ0) is 16.5. The molecule has 0 atom stereocenters. The first kappa shape index (κ1) is 17.4. The van der Waals surface area contributed by atoms with Crippen LogP contribution in [-0.4, -0.2) is 12.5 Å². The van der Waals surface area contributed by atoms with Gasteiger partial charge in [-0.2, -0.15) is 0 Å². The van der Waals surface area contributed by atoms with Gasteiger partial charge in [0.1, 0.15) is 5.75 Å². The van der Waals surface area contributed by atoms with Gasteiger partial charge in [0.25, 0.3) is 0 Å². The lowest BCUT2D eigenvalue weighted by atomic mass is 10.1. The standard InChI is InChI=1S/C19H22ClNO2/c1-2-3-14-23-17-11-9-16(10-12-17)21-19(22)13-8-15-6-4-5-7-18(15)20/h4-7,9-12H,2-3,8,13-14H2,1H3,(H,21,22). The average Bonchev–Trinajstić information content (AvgIpc) is 2.56. The molecule has 122 valence electrons. The maximum absolute atomic E-state index is 12.0. The van der Waals surface area contributed by atoms with Gasteiger partial charge in [-0.05, 0) is 48.7 Å². The molecular formula is C19H22ClNO2. The number of carbonyl (C=O) groups is 1. The Bertz CT molecular complexity index is 626. The molecule has 0 spiro atoms. The lowest BCUT2D eigenvalue weighted by molar-refractivity contribution is -0.116. The monoisotopic (exact) mass is 331 g/mol. The summed E-state index contributed by atoms with van der Waals surface area (Å²) in [5.74, 6) is 0.803. The molecule has 0 saturated heterocycles. The van der Waals surface area contributed by atoms with E-state index in [-0.39, 0.29) is 5.91 Å². The van der Waals surface area contributed by atoms with Crippen molar-refractivity contribution in [1.29, 1.82) is 0 Å². The number of halogens is 1. The van der Waals surface area contributed by atoms with Gasteiger partial charge in [-0.1, -0.05) is 43.1 Å². The van der Waals surface area contributed by atoms with E-state index in [4.69, 9.17) is 16.3 Å². The van der Waals surface area contributed by atoms with Crippen LogP contribution in [0.15, 0.2) is 48.5 Å². The number of benzene rings is 2. The molecule has 0 aliphatic carbocycles. The zero-order valence-corrected chi connectivity index (χ0v) is 14.1. The highest BCUT2D eigenvalue weighted by atomic mass is 35.5. The van der Waals surface area contributed by atoms with Crippen LogP contribution < -0.4 is 10.1 Å². The number of hydrogen-bond donors (Lipinski definition) is 1. The number of hydrogen-bond acceptors (Lipinski definition) is 2. The summed E-state index contributed by atoms with van der Waals surface area (Å²) in [6.45, 7) is 2.85. The van der Waals surface area contributed by atoms with Gasteiger partial charge in [0.15, 0.2) is 0 Å². The average molecular weight is 332 g/mol. The largest absolute Gasteiger partial charge is 0.494 e. The van der Waals surface area contributed by atoms with Crippen molar-refractivity contribution in [2.75, 3.05) is 11.9 Å². The summed E-state index contributed by atoms with van der Waals surface area (Å²) < 4.78 is 5.60. The number of nitrogens with one attached hydrogen (secondary N) is 1. The van der Waals surface area contributed by atoms with Crippen molar-refractivity contribution in [3.8, 4) is 5.75 Å². The molecule has 1 N–H and O–H groups in total. The predicted octanol–water partition coefficient (Wildman–Crippen LogP) is 5.09. The van der Waals surface area contributed by atoms with Crippen LogP contribution in [0.5, 0.6) is 5.75 Å². The summed E-state index contributed by atoms with van der Waals surface area (Å²) >= 11 is 6.09. The highest BCUT2D eigenvalue weighted by Gasteiger charge is 2.05. The Labute approximate surface area is 142 Å². The molecule has 0 aliphatic rings. The molecule has 0 aliphatic heterocycles. The number of ether oxygens (including phenoxy) is 1. The molecule has 0 heterocycles. The third-order valence-corrected chi connectivity index (χ3v) is 3.85. The van der Waals surface area contributed by atoms with Crippen molar-refractivity contribution >= 4 is 23.2 Å². The van der Waals surface area contributed by atoms with Crippen LogP contribution in [0.4, 0.5) is 5.69 Å². The minimum atomic E-state index is -0.0235. The first-order chi connectivity index (χ1) is 11.2. The van der Waals surface area contributed by atoms with Crippen molar-refractivity contribution < 1.29 is 9.53 Å². The Kier molecular flexibility index (Phi) is 6.95. The number of anilines is 1. The molecule has 4 heteroatoms. The van der Waals surface area contributed by atoms with E-state index in [9.17, 15) is 4.79 Å². The van der Waals surface area contributed by atoms with Crippen LogP contribution >= 0.6 is 11.6 Å². The van der Waals surface area contributed by atoms with E-state index in [0.29, 0.717) is 17.9 Å². The molecule has 0 radical (unpaired) electrons. The Balaban J connectivity index is 1.80. The molecule has 2 aromatic carbocycles. The highest BCUT2D eigenvalue weighted by molar-refractivity contribution is 6.31. The van der Waals surface area contributed by atoms with Gasteiger partial charge in [0, 0.05) is 17.1 Å². The summed E-state index contributed by atoms with van der Waals surface area (Å²) in [5, 5.41) is 3.59. The topological polar surface area (TPSA) is 38.3 Å². The van der Waals surface area contributed by atoms with Crippen LogP contribution in [0.3, 0.4) is 0 Å². The predicted molar refractivity (Wildman–Crippen MR) is 95.2 cm³/mol. The number of rotatable bonds is 8. The van der Waals surface area contributed by atoms with Crippen LogP contribution in [-0.2, 0) is 11.2 Å². The third-order valence-electron chi connectivity index (χ3n) is 3.48. The quantitative estimate of drug-likeness (QED) is 0.684. The molecule has 0 saturated carbocycles. The normalized spacial score (nSPS) is 10.3. The second kappa shape index (κ2) is 9.21. The molecule has 3 nitrogen and oxygen atoms in total. The van der Waals surface area contributed by atoms with E-state index >= 15 is 0 Å². The minimum Gasteiger partial charge on any atom is -0.494 e. The maximum atomic E-state index is 12.0. The molecular weight excluding hydrogens is 310 g/mol. The molecule has 0 bridgehead atoms. The molecule has 2 rings (SSSR count). The number of unbranched alkanes of at least 4 members (excludes halogenated alkanes) is 1. The zero-order valence-electron chi connectivity index (χ0n) is 13.3. The Morgan fingerprint density at radius 1 is 1.13 bits per heavy atom. The SMILES string of the molecule is CCCCOc1ccc(NC(=O)CCc2ccccc2Cl)cc1. The van der Waals surface area contributed by atoms with Crippen LogP contribution in [0.25, 0.3) is 0 Å². The van der Waals surface area contributed by atoms with Crippen molar-refractivity contribution in [3.63, 3.8) is 0 Å². The minimum absolute atomic E-state index is 0.0235. The Morgan fingerprint density at radius 3 is 2.57 bits per heavy atom. The van der Waals surface area contributed by atoms with E-state index in [1.807, 2.05) is 48.5 Å². The van der Waals surface area contributed by atoms with E-state index in [2.05, 4.69) is 12.2 Å². The second-order valence-corrected chi connectivity index (χ2v) is 5.77. The molecule has 23 heavy (non-hydrogen) atoms. The number of carbonyl (C=O) groups excluding carboxylic acids is 1. The van der Waals surface area contributed by atoms with Crippen molar-refractivity contribution in [2.24, 2.45) is 0 Å². The first-order valence-electron chi connectivity index (χ1n) is 7.95. The summed E-state index contributed by atoms with van der Waals surface area (Å²) in [7, 11) is 0. The fraction of sp³-hybridized carbons (Fsp3) is 0.316. The Morgan fingerprint density at radius 2 is 1.87 bits per heavy atom. The fourth-order valence-corrected chi connectivity index (χ4v) is 2.37. The summed E-state index contributed by atoms with van der Waals surface area (Å²) in [5.41, 5.74) is 1.76. The van der Waals surface area contributed by atoms with Crippen molar-refractivity contribution in [1.82, 2.24) is 0 Å². The summed E-state index contributed by atoms with van der Waals surface area (Å²) in [6.07, 6.45) is 3.18. The van der Waals surface area contributed by atoms with Gasteiger partial charge in [-0.15, -0.1) is 0 Å². The number of aryl methyl sites for hydroxylation is 1. The van der Waals surface area contributed by atoms with Gasteiger partial charge in [0.05, 0.1) is 6.61 Å².